The Kier molecular flexibility index (Phi) is 3.61. The molecule has 0 bridgehead atoms. The molecule has 0 aliphatic carbocycles. The van der Waals surface area contributed by atoms with Crippen LogP contribution in [-0.2, 0) is 21.2 Å². The SMILES string of the molecule is CC(=O)N1c2ccc(S(=O)(=O)Nc3nncs3)cc2C[C@H]1C. The summed E-state index contributed by atoms with van der Waals surface area (Å²) in [6.45, 7) is 3.45. The summed E-state index contributed by atoms with van der Waals surface area (Å²) in [5.41, 5.74) is 3.07. The van der Waals surface area contributed by atoms with Gasteiger partial charge in [0, 0.05) is 18.7 Å². The van der Waals surface area contributed by atoms with Gasteiger partial charge in [-0.25, -0.2) is 8.42 Å². The lowest BCUT2D eigenvalue weighted by molar-refractivity contribution is -0.116. The molecule has 22 heavy (non-hydrogen) atoms. The zero-order valence-electron chi connectivity index (χ0n) is 12.0. The number of anilines is 2. The molecule has 1 aromatic heterocycles. The van der Waals surface area contributed by atoms with E-state index in [1.54, 1.807) is 17.0 Å². The minimum atomic E-state index is -3.71. The fraction of sp³-hybridized carbons (Fsp3) is 0.308. The van der Waals surface area contributed by atoms with Gasteiger partial charge in [0.25, 0.3) is 10.0 Å². The third kappa shape index (κ3) is 2.57. The Morgan fingerprint density at radius 3 is 2.86 bits per heavy atom. The average molecular weight is 338 g/mol. The van der Waals surface area contributed by atoms with E-state index in [0.29, 0.717) is 6.42 Å². The standard InChI is InChI=1S/C13H14N4O3S2/c1-8-5-10-6-11(3-4-12(10)17(8)9(2)18)22(19,20)16-13-15-14-7-21-13/h3-4,6-8H,5H2,1-2H3,(H,15,16)/t8-/m1/s1. The number of benzene rings is 1. The number of rotatable bonds is 3. The third-order valence-electron chi connectivity index (χ3n) is 3.50. The van der Waals surface area contributed by atoms with Gasteiger partial charge in [-0.05, 0) is 37.1 Å². The van der Waals surface area contributed by atoms with Gasteiger partial charge in [-0.1, -0.05) is 11.3 Å². The number of nitrogens with zero attached hydrogens (tertiary/aromatic N) is 3. The van der Waals surface area contributed by atoms with Crippen LogP contribution in [0.1, 0.15) is 19.4 Å². The van der Waals surface area contributed by atoms with Crippen LogP contribution in [0.2, 0.25) is 0 Å². The molecule has 1 atom stereocenters. The molecule has 2 aromatic rings. The predicted octanol–water partition coefficient (Wildman–Crippen LogP) is 1.64. The Hall–Kier alpha value is -2.00. The van der Waals surface area contributed by atoms with Crippen molar-refractivity contribution in [2.45, 2.75) is 31.2 Å². The molecule has 3 rings (SSSR count). The maximum absolute atomic E-state index is 12.3. The number of aromatic nitrogens is 2. The van der Waals surface area contributed by atoms with Gasteiger partial charge >= 0.3 is 0 Å². The van der Waals surface area contributed by atoms with Crippen LogP contribution in [0.5, 0.6) is 0 Å². The van der Waals surface area contributed by atoms with Crippen LogP contribution in [-0.4, -0.2) is 30.6 Å². The second kappa shape index (κ2) is 5.33. The van der Waals surface area contributed by atoms with Gasteiger partial charge in [-0.3, -0.25) is 9.52 Å². The molecule has 1 aliphatic rings. The largest absolute Gasteiger partial charge is 0.309 e. The topological polar surface area (TPSA) is 92.3 Å². The zero-order chi connectivity index (χ0) is 15.9. The van der Waals surface area contributed by atoms with E-state index >= 15 is 0 Å². The number of sulfonamides is 1. The molecule has 1 aliphatic heterocycles. The Morgan fingerprint density at radius 1 is 1.45 bits per heavy atom. The van der Waals surface area contributed by atoms with Crippen LogP contribution in [0, 0.1) is 0 Å². The van der Waals surface area contributed by atoms with E-state index in [2.05, 4.69) is 14.9 Å². The van der Waals surface area contributed by atoms with E-state index in [9.17, 15) is 13.2 Å². The van der Waals surface area contributed by atoms with Gasteiger partial charge in [-0.2, -0.15) is 0 Å². The monoisotopic (exact) mass is 338 g/mol. The van der Waals surface area contributed by atoms with Gasteiger partial charge in [0.2, 0.25) is 11.0 Å². The highest BCUT2D eigenvalue weighted by Gasteiger charge is 2.30. The summed E-state index contributed by atoms with van der Waals surface area (Å²) in [4.78, 5) is 13.5. The summed E-state index contributed by atoms with van der Waals surface area (Å²) in [7, 11) is -3.71. The molecular formula is C13H14N4O3S2. The first-order chi connectivity index (χ1) is 10.4. The minimum Gasteiger partial charge on any atom is -0.309 e. The summed E-state index contributed by atoms with van der Waals surface area (Å²) in [6, 6.07) is 4.81. The third-order valence-corrected chi connectivity index (χ3v) is 5.57. The predicted molar refractivity (Wildman–Crippen MR) is 83.5 cm³/mol. The maximum atomic E-state index is 12.3. The van der Waals surface area contributed by atoms with Crippen molar-refractivity contribution in [3.05, 3.63) is 29.3 Å². The zero-order valence-corrected chi connectivity index (χ0v) is 13.6. The van der Waals surface area contributed by atoms with Crippen molar-refractivity contribution in [3.63, 3.8) is 0 Å². The summed E-state index contributed by atoms with van der Waals surface area (Å²) < 4.78 is 27.1. The first-order valence-electron chi connectivity index (χ1n) is 6.60. The van der Waals surface area contributed by atoms with E-state index in [1.807, 2.05) is 6.92 Å². The van der Waals surface area contributed by atoms with Crippen LogP contribution in [0.4, 0.5) is 10.8 Å². The van der Waals surface area contributed by atoms with Gasteiger partial charge in [-0.15, -0.1) is 10.2 Å². The molecule has 1 amide bonds. The highest BCUT2D eigenvalue weighted by atomic mass is 32.2. The van der Waals surface area contributed by atoms with Gasteiger partial charge in [0.1, 0.15) is 5.51 Å². The lowest BCUT2D eigenvalue weighted by atomic mass is 10.1. The second-order valence-corrected chi connectivity index (χ2v) is 7.60. The average Bonchev–Trinajstić information content (AvgIpc) is 3.03. The molecular weight excluding hydrogens is 324 g/mol. The fourth-order valence-corrected chi connectivity index (χ4v) is 4.39. The number of carbonyl (C=O) groups is 1. The van der Waals surface area contributed by atoms with E-state index in [4.69, 9.17) is 0 Å². The highest BCUT2D eigenvalue weighted by Crippen LogP contribution is 2.34. The van der Waals surface area contributed by atoms with Crippen molar-refractivity contribution in [1.29, 1.82) is 0 Å². The van der Waals surface area contributed by atoms with Crippen molar-refractivity contribution in [1.82, 2.24) is 10.2 Å². The number of hydrogen-bond donors (Lipinski definition) is 1. The van der Waals surface area contributed by atoms with Crippen LogP contribution >= 0.6 is 11.3 Å². The van der Waals surface area contributed by atoms with Crippen LogP contribution in [0.3, 0.4) is 0 Å². The summed E-state index contributed by atoms with van der Waals surface area (Å²) in [6.07, 6.45) is 0.636. The van der Waals surface area contributed by atoms with Crippen molar-refractivity contribution in [2.75, 3.05) is 9.62 Å². The number of hydrogen-bond acceptors (Lipinski definition) is 6. The molecule has 116 valence electrons. The molecule has 0 spiro atoms. The maximum Gasteiger partial charge on any atom is 0.263 e. The smallest absolute Gasteiger partial charge is 0.263 e. The van der Waals surface area contributed by atoms with Crippen LogP contribution in [0.25, 0.3) is 0 Å². The number of fused-ring (bicyclic) bond motifs is 1. The van der Waals surface area contributed by atoms with Crippen LogP contribution in [0.15, 0.2) is 28.6 Å². The molecule has 2 heterocycles. The quantitative estimate of drug-likeness (QED) is 0.918. The molecule has 0 fully saturated rings. The van der Waals surface area contributed by atoms with Gasteiger partial charge in [0.05, 0.1) is 4.90 Å². The number of nitrogens with one attached hydrogen (secondary N) is 1. The Morgan fingerprint density at radius 2 is 2.23 bits per heavy atom. The molecule has 0 saturated carbocycles. The van der Waals surface area contributed by atoms with E-state index in [0.717, 1.165) is 22.6 Å². The summed E-state index contributed by atoms with van der Waals surface area (Å²) in [5, 5.41) is 7.49. The van der Waals surface area contributed by atoms with Crippen molar-refractivity contribution in [2.24, 2.45) is 0 Å². The van der Waals surface area contributed by atoms with E-state index in [1.165, 1.54) is 18.5 Å². The Labute approximate surface area is 132 Å². The summed E-state index contributed by atoms with van der Waals surface area (Å²) >= 11 is 1.11. The lowest BCUT2D eigenvalue weighted by Gasteiger charge is -2.20. The first-order valence-corrected chi connectivity index (χ1v) is 8.96. The fourth-order valence-electron chi connectivity index (χ4n) is 2.65. The molecule has 1 N–H and O–H groups in total. The van der Waals surface area contributed by atoms with Crippen molar-refractivity contribution >= 4 is 38.1 Å². The molecule has 0 saturated heterocycles. The lowest BCUT2D eigenvalue weighted by Crippen LogP contribution is -2.33. The second-order valence-electron chi connectivity index (χ2n) is 5.08. The minimum absolute atomic E-state index is 0.0292. The molecule has 7 nitrogen and oxygen atoms in total. The van der Waals surface area contributed by atoms with Crippen molar-refractivity contribution in [3.8, 4) is 0 Å². The normalized spacial score (nSPS) is 17.4. The number of amides is 1. The first kappa shape index (κ1) is 14.9. The molecule has 9 heteroatoms. The van der Waals surface area contributed by atoms with E-state index in [-0.39, 0.29) is 22.0 Å². The van der Waals surface area contributed by atoms with Gasteiger partial charge < -0.3 is 4.90 Å². The van der Waals surface area contributed by atoms with Crippen molar-refractivity contribution < 1.29 is 13.2 Å². The molecule has 1 aromatic carbocycles. The van der Waals surface area contributed by atoms with Crippen LogP contribution < -0.4 is 9.62 Å². The number of carbonyl (C=O) groups excluding carboxylic acids is 1. The molecule has 0 unspecified atom stereocenters. The van der Waals surface area contributed by atoms with E-state index < -0.39 is 10.0 Å². The Balaban J connectivity index is 1.95. The highest BCUT2D eigenvalue weighted by molar-refractivity contribution is 7.93. The molecule has 0 radical (unpaired) electrons. The Bertz CT molecular complexity index is 818. The summed E-state index contributed by atoms with van der Waals surface area (Å²) in [5.74, 6) is -0.0474. The van der Waals surface area contributed by atoms with Gasteiger partial charge in [0.15, 0.2) is 0 Å².